The van der Waals surface area contributed by atoms with E-state index in [2.05, 4.69) is 15.3 Å². The average Bonchev–Trinajstić information content (AvgIpc) is 2.34. The number of imide groups is 1. The van der Waals surface area contributed by atoms with Crippen LogP contribution in [0, 0.1) is 0 Å². The first-order valence-electron chi connectivity index (χ1n) is 5.34. The number of aromatic nitrogens is 2. The Labute approximate surface area is 103 Å². The first-order chi connectivity index (χ1) is 8.45. The van der Waals surface area contributed by atoms with E-state index in [1.54, 1.807) is 13.8 Å². The van der Waals surface area contributed by atoms with Crippen molar-refractivity contribution in [3.63, 3.8) is 0 Å². The van der Waals surface area contributed by atoms with Crippen LogP contribution in [0.15, 0.2) is 12.4 Å². The van der Waals surface area contributed by atoms with E-state index < -0.39 is 17.4 Å². The van der Waals surface area contributed by atoms with Gasteiger partial charge in [-0.3, -0.25) is 19.7 Å². The SMILES string of the molecule is CC1(C)C(=O)NC(=O)CN1c1ncc(C=O)cn1. The number of aldehydes is 1. The van der Waals surface area contributed by atoms with Crippen LogP contribution in [0.2, 0.25) is 0 Å². The fraction of sp³-hybridized carbons (Fsp3) is 0.364. The molecule has 0 saturated carbocycles. The Bertz CT molecular complexity index is 510. The highest BCUT2D eigenvalue weighted by molar-refractivity contribution is 6.06. The Kier molecular flexibility index (Phi) is 2.82. The fourth-order valence-electron chi connectivity index (χ4n) is 1.64. The molecule has 94 valence electrons. The summed E-state index contributed by atoms with van der Waals surface area (Å²) in [5, 5.41) is 2.26. The van der Waals surface area contributed by atoms with E-state index in [0.29, 0.717) is 11.8 Å². The molecule has 7 nitrogen and oxygen atoms in total. The van der Waals surface area contributed by atoms with Gasteiger partial charge in [0.15, 0.2) is 6.29 Å². The minimum atomic E-state index is -0.920. The number of anilines is 1. The van der Waals surface area contributed by atoms with E-state index >= 15 is 0 Å². The lowest BCUT2D eigenvalue weighted by Gasteiger charge is -2.39. The molecule has 0 spiro atoms. The van der Waals surface area contributed by atoms with Gasteiger partial charge in [-0.15, -0.1) is 0 Å². The zero-order chi connectivity index (χ0) is 13.3. The van der Waals surface area contributed by atoms with E-state index in [1.165, 1.54) is 17.3 Å². The van der Waals surface area contributed by atoms with Crippen LogP contribution in [0.5, 0.6) is 0 Å². The molecular formula is C11H12N4O3. The summed E-state index contributed by atoms with van der Waals surface area (Å²) < 4.78 is 0. The highest BCUT2D eigenvalue weighted by atomic mass is 16.2. The number of hydrogen-bond donors (Lipinski definition) is 1. The van der Waals surface area contributed by atoms with Gasteiger partial charge in [0.1, 0.15) is 12.1 Å². The van der Waals surface area contributed by atoms with Crippen LogP contribution in [0.1, 0.15) is 24.2 Å². The Morgan fingerprint density at radius 3 is 2.50 bits per heavy atom. The van der Waals surface area contributed by atoms with Crippen molar-refractivity contribution >= 4 is 24.0 Å². The normalized spacial score (nSPS) is 18.4. The molecule has 1 fully saturated rings. The molecule has 0 bridgehead atoms. The minimum Gasteiger partial charge on any atom is -0.317 e. The number of hydrogen-bond acceptors (Lipinski definition) is 6. The molecule has 2 rings (SSSR count). The Morgan fingerprint density at radius 1 is 1.33 bits per heavy atom. The molecule has 1 aromatic heterocycles. The van der Waals surface area contributed by atoms with Crippen molar-refractivity contribution in [2.24, 2.45) is 0 Å². The van der Waals surface area contributed by atoms with E-state index in [4.69, 9.17) is 0 Å². The monoisotopic (exact) mass is 248 g/mol. The molecule has 0 atom stereocenters. The van der Waals surface area contributed by atoms with Gasteiger partial charge in [-0.05, 0) is 13.8 Å². The van der Waals surface area contributed by atoms with Crippen LogP contribution in [-0.2, 0) is 9.59 Å². The molecule has 1 saturated heterocycles. The van der Waals surface area contributed by atoms with E-state index in [1.807, 2.05) is 0 Å². The van der Waals surface area contributed by atoms with Gasteiger partial charge in [-0.25, -0.2) is 9.97 Å². The van der Waals surface area contributed by atoms with E-state index in [-0.39, 0.29) is 12.5 Å². The zero-order valence-corrected chi connectivity index (χ0v) is 10.0. The predicted molar refractivity (Wildman–Crippen MR) is 62.0 cm³/mol. The highest BCUT2D eigenvalue weighted by Crippen LogP contribution is 2.22. The second-order valence-corrected chi connectivity index (χ2v) is 4.46. The van der Waals surface area contributed by atoms with Crippen LogP contribution < -0.4 is 10.2 Å². The summed E-state index contributed by atoms with van der Waals surface area (Å²) >= 11 is 0. The Morgan fingerprint density at radius 2 is 1.94 bits per heavy atom. The van der Waals surface area contributed by atoms with Crippen molar-refractivity contribution in [2.45, 2.75) is 19.4 Å². The molecule has 18 heavy (non-hydrogen) atoms. The van der Waals surface area contributed by atoms with E-state index in [0.717, 1.165) is 0 Å². The van der Waals surface area contributed by atoms with Crippen molar-refractivity contribution in [1.82, 2.24) is 15.3 Å². The molecule has 1 aliphatic rings. The number of amides is 2. The summed E-state index contributed by atoms with van der Waals surface area (Å²) in [6, 6.07) is 0. The van der Waals surface area contributed by atoms with Gasteiger partial charge in [-0.2, -0.15) is 0 Å². The second kappa shape index (κ2) is 4.17. The smallest absolute Gasteiger partial charge is 0.252 e. The maximum Gasteiger partial charge on any atom is 0.252 e. The first-order valence-corrected chi connectivity index (χ1v) is 5.34. The lowest BCUT2D eigenvalue weighted by molar-refractivity contribution is -0.135. The number of carbonyl (C=O) groups is 3. The summed E-state index contributed by atoms with van der Waals surface area (Å²) in [7, 11) is 0. The van der Waals surface area contributed by atoms with Gasteiger partial charge >= 0.3 is 0 Å². The molecule has 0 unspecified atom stereocenters. The summed E-state index contributed by atoms with van der Waals surface area (Å²) in [4.78, 5) is 43.1. The molecule has 7 heteroatoms. The van der Waals surface area contributed by atoms with Crippen LogP contribution in [0.25, 0.3) is 0 Å². The molecule has 2 heterocycles. The lowest BCUT2D eigenvalue weighted by atomic mass is 9.99. The maximum absolute atomic E-state index is 11.7. The highest BCUT2D eigenvalue weighted by Gasteiger charge is 2.42. The van der Waals surface area contributed by atoms with Crippen LogP contribution in [0.4, 0.5) is 5.95 Å². The fourth-order valence-corrected chi connectivity index (χ4v) is 1.64. The van der Waals surface area contributed by atoms with Crippen molar-refractivity contribution in [3.8, 4) is 0 Å². The van der Waals surface area contributed by atoms with Gasteiger partial charge in [0.05, 0.1) is 5.56 Å². The number of carbonyl (C=O) groups excluding carboxylic acids is 3. The molecule has 1 N–H and O–H groups in total. The molecule has 0 aliphatic carbocycles. The molecular weight excluding hydrogens is 236 g/mol. The average molecular weight is 248 g/mol. The molecule has 2 amide bonds. The summed E-state index contributed by atoms with van der Waals surface area (Å²) in [6.45, 7) is 3.34. The third kappa shape index (κ3) is 1.94. The van der Waals surface area contributed by atoms with Gasteiger partial charge < -0.3 is 4.90 Å². The van der Waals surface area contributed by atoms with Crippen molar-refractivity contribution in [1.29, 1.82) is 0 Å². The standard InChI is InChI=1S/C11H12N4O3/c1-11(2)9(18)14-8(17)5-15(11)10-12-3-7(6-16)4-13-10/h3-4,6H,5H2,1-2H3,(H,14,17,18). The summed E-state index contributed by atoms with van der Waals surface area (Å²) in [6.07, 6.45) is 3.33. The largest absolute Gasteiger partial charge is 0.317 e. The third-order valence-electron chi connectivity index (χ3n) is 2.82. The molecule has 0 aromatic carbocycles. The van der Waals surface area contributed by atoms with Gasteiger partial charge in [-0.1, -0.05) is 0 Å². The van der Waals surface area contributed by atoms with E-state index in [9.17, 15) is 14.4 Å². The topological polar surface area (TPSA) is 92.3 Å². The first kappa shape index (κ1) is 12.2. The van der Waals surface area contributed by atoms with Crippen molar-refractivity contribution in [3.05, 3.63) is 18.0 Å². The molecule has 1 aliphatic heterocycles. The van der Waals surface area contributed by atoms with Crippen molar-refractivity contribution in [2.75, 3.05) is 11.4 Å². The maximum atomic E-state index is 11.7. The number of piperazine rings is 1. The minimum absolute atomic E-state index is 0.000818. The lowest BCUT2D eigenvalue weighted by Crippen LogP contribution is -2.64. The van der Waals surface area contributed by atoms with Gasteiger partial charge in [0.25, 0.3) is 5.91 Å². The second-order valence-electron chi connectivity index (χ2n) is 4.46. The number of rotatable bonds is 2. The number of nitrogens with zero attached hydrogens (tertiary/aromatic N) is 3. The van der Waals surface area contributed by atoms with Crippen molar-refractivity contribution < 1.29 is 14.4 Å². The zero-order valence-electron chi connectivity index (χ0n) is 10.0. The van der Waals surface area contributed by atoms with Crippen LogP contribution in [-0.4, -0.2) is 40.2 Å². The quantitative estimate of drug-likeness (QED) is 0.562. The third-order valence-corrected chi connectivity index (χ3v) is 2.82. The number of nitrogens with one attached hydrogen (secondary N) is 1. The molecule has 0 radical (unpaired) electrons. The summed E-state index contributed by atoms with van der Waals surface area (Å²) in [5.74, 6) is -0.557. The Hall–Kier alpha value is -2.31. The van der Waals surface area contributed by atoms with Gasteiger partial charge in [0.2, 0.25) is 11.9 Å². The predicted octanol–water partition coefficient (Wildman–Crippen LogP) is -0.470. The van der Waals surface area contributed by atoms with Crippen LogP contribution >= 0.6 is 0 Å². The Balaban J connectivity index is 2.37. The van der Waals surface area contributed by atoms with Gasteiger partial charge in [0, 0.05) is 12.4 Å². The van der Waals surface area contributed by atoms with Crippen LogP contribution in [0.3, 0.4) is 0 Å². The molecule has 1 aromatic rings. The summed E-state index contributed by atoms with van der Waals surface area (Å²) in [5.41, 5.74) is -0.583.